The lowest BCUT2D eigenvalue weighted by Crippen LogP contribution is -2.38. The number of hydrogen-bond donors (Lipinski definition) is 2. The van der Waals surface area contributed by atoms with Crippen molar-refractivity contribution < 1.29 is 22.8 Å². The van der Waals surface area contributed by atoms with E-state index in [1.54, 1.807) is 30.7 Å². The summed E-state index contributed by atoms with van der Waals surface area (Å²) in [5, 5.41) is 6.74. The van der Waals surface area contributed by atoms with E-state index in [4.69, 9.17) is 0 Å². The number of anilines is 1. The van der Waals surface area contributed by atoms with Crippen LogP contribution in [0.25, 0.3) is 28.1 Å². The number of aromatic nitrogens is 4. The van der Waals surface area contributed by atoms with Crippen LogP contribution in [0.3, 0.4) is 0 Å². The van der Waals surface area contributed by atoms with E-state index in [0.29, 0.717) is 48.5 Å². The molecular weight excluding hydrogens is 579 g/mol. The van der Waals surface area contributed by atoms with Gasteiger partial charge in [-0.25, -0.2) is 9.97 Å². The van der Waals surface area contributed by atoms with Crippen LogP contribution in [0.4, 0.5) is 23.9 Å². The van der Waals surface area contributed by atoms with E-state index in [1.165, 1.54) is 0 Å². The van der Waals surface area contributed by atoms with Crippen LogP contribution in [-0.4, -0.2) is 50.7 Å². The van der Waals surface area contributed by atoms with E-state index in [0.717, 1.165) is 47.5 Å². The fourth-order valence-electron chi connectivity index (χ4n) is 5.19. The Hall–Kier alpha value is -4.36. The Morgan fingerprint density at radius 2 is 1.88 bits per heavy atom. The highest BCUT2D eigenvalue weighted by Gasteiger charge is 2.32. The molecule has 3 aromatic heterocycles. The van der Waals surface area contributed by atoms with Gasteiger partial charge in [0.2, 0.25) is 5.95 Å². The number of nitrogens with one attached hydrogen (secondary N) is 2. The van der Waals surface area contributed by atoms with Gasteiger partial charge in [-0.2, -0.15) is 13.2 Å². The van der Waals surface area contributed by atoms with Gasteiger partial charge in [-0.3, -0.25) is 24.9 Å². The summed E-state index contributed by atoms with van der Waals surface area (Å²) in [6.07, 6.45) is 3.60. The van der Waals surface area contributed by atoms with Crippen LogP contribution in [0.5, 0.6) is 0 Å². The Morgan fingerprint density at radius 3 is 2.65 bits per heavy atom. The van der Waals surface area contributed by atoms with E-state index in [-0.39, 0.29) is 17.1 Å². The molecule has 0 unspecified atom stereocenters. The maximum absolute atomic E-state index is 13.8. The summed E-state index contributed by atoms with van der Waals surface area (Å²) < 4.78 is 41.4. The molecule has 1 aromatic carbocycles. The number of benzene rings is 1. The van der Waals surface area contributed by atoms with Gasteiger partial charge in [0.05, 0.1) is 27.6 Å². The van der Waals surface area contributed by atoms with E-state index < -0.39 is 22.9 Å². The minimum Gasteiger partial charge on any atom is -0.341 e. The number of nitrogens with zero attached hydrogens (tertiary/aromatic N) is 5. The molecule has 13 heteroatoms. The highest BCUT2D eigenvalue weighted by molar-refractivity contribution is 8.18. The maximum Gasteiger partial charge on any atom is 0.416 e. The average molecular weight is 606 g/mol. The van der Waals surface area contributed by atoms with Crippen LogP contribution in [0.15, 0.2) is 66.0 Å². The molecule has 2 aliphatic heterocycles. The van der Waals surface area contributed by atoms with Crippen LogP contribution >= 0.6 is 11.8 Å². The van der Waals surface area contributed by atoms with E-state index in [9.17, 15) is 22.8 Å². The quantitative estimate of drug-likeness (QED) is 0.266. The van der Waals surface area contributed by atoms with Crippen LogP contribution < -0.4 is 15.5 Å². The lowest BCUT2D eigenvalue weighted by Gasteiger charge is -2.32. The number of carbonyl (C=O) groups excluding carboxylic acids is 2. The summed E-state index contributed by atoms with van der Waals surface area (Å²) >= 11 is 0.836. The molecule has 2 saturated heterocycles. The summed E-state index contributed by atoms with van der Waals surface area (Å²) in [4.78, 5) is 43.3. The van der Waals surface area contributed by atoms with Gasteiger partial charge >= 0.3 is 6.18 Å². The molecule has 5 heterocycles. The molecular formula is C30H26F3N7O2S. The SMILES string of the molecule is O=C1NC(=O)/C(=C/c2ccnc(N3CCC(CNCc4cc(C(F)(F)F)cc(-c5cncc6ccccc56)n4)CC3)n2)S1. The second-order valence-corrected chi connectivity index (χ2v) is 11.3. The van der Waals surface area contributed by atoms with E-state index >= 15 is 0 Å². The first kappa shape index (κ1) is 28.7. The highest BCUT2D eigenvalue weighted by atomic mass is 32.2. The predicted molar refractivity (Wildman–Crippen MR) is 158 cm³/mol. The lowest BCUT2D eigenvalue weighted by molar-refractivity contribution is -0.137. The predicted octanol–water partition coefficient (Wildman–Crippen LogP) is 5.44. The number of pyridine rings is 2. The molecule has 220 valence electrons. The molecule has 6 rings (SSSR count). The first-order valence-electron chi connectivity index (χ1n) is 13.7. The number of carbonyl (C=O) groups is 2. The summed E-state index contributed by atoms with van der Waals surface area (Å²) in [7, 11) is 0. The molecule has 4 aromatic rings. The number of hydrogen-bond acceptors (Lipinski definition) is 9. The number of amides is 2. The highest BCUT2D eigenvalue weighted by Crippen LogP contribution is 2.34. The largest absolute Gasteiger partial charge is 0.416 e. The van der Waals surface area contributed by atoms with Crippen molar-refractivity contribution in [2.75, 3.05) is 24.5 Å². The molecule has 2 amide bonds. The Morgan fingerprint density at radius 1 is 1.07 bits per heavy atom. The van der Waals surface area contributed by atoms with Gasteiger partial charge < -0.3 is 10.2 Å². The molecule has 0 bridgehead atoms. The fourth-order valence-corrected chi connectivity index (χ4v) is 5.86. The van der Waals surface area contributed by atoms with Crippen molar-refractivity contribution in [2.45, 2.75) is 25.6 Å². The third kappa shape index (κ3) is 6.67. The number of piperidine rings is 1. The van der Waals surface area contributed by atoms with Gasteiger partial charge in [-0.15, -0.1) is 0 Å². The normalized spacial score (nSPS) is 17.2. The Kier molecular flexibility index (Phi) is 8.08. The van der Waals surface area contributed by atoms with Gasteiger partial charge in [0, 0.05) is 49.2 Å². The molecule has 2 aliphatic rings. The first-order chi connectivity index (χ1) is 20.7. The number of fused-ring (bicyclic) bond motifs is 1. The van der Waals surface area contributed by atoms with Gasteiger partial charge in [0.15, 0.2) is 0 Å². The molecule has 0 aliphatic carbocycles. The number of imide groups is 1. The van der Waals surface area contributed by atoms with Crippen LogP contribution in [-0.2, 0) is 17.5 Å². The lowest BCUT2D eigenvalue weighted by atomic mass is 9.97. The van der Waals surface area contributed by atoms with Gasteiger partial charge in [0.25, 0.3) is 11.1 Å². The van der Waals surface area contributed by atoms with Crippen molar-refractivity contribution in [3.63, 3.8) is 0 Å². The average Bonchev–Trinajstić information content (AvgIpc) is 3.32. The van der Waals surface area contributed by atoms with Gasteiger partial charge in [-0.1, -0.05) is 24.3 Å². The van der Waals surface area contributed by atoms with Crippen molar-refractivity contribution in [1.82, 2.24) is 30.6 Å². The Balaban J connectivity index is 1.09. The molecule has 0 radical (unpaired) electrons. The number of halogens is 3. The minimum atomic E-state index is -4.51. The second-order valence-electron chi connectivity index (χ2n) is 10.3. The first-order valence-corrected chi connectivity index (χ1v) is 14.5. The van der Waals surface area contributed by atoms with Crippen molar-refractivity contribution >= 4 is 45.7 Å². The smallest absolute Gasteiger partial charge is 0.341 e. The zero-order valence-corrected chi connectivity index (χ0v) is 23.6. The number of thioether (sulfide) groups is 1. The van der Waals surface area contributed by atoms with Gasteiger partial charge in [-0.05, 0) is 66.7 Å². The molecule has 0 saturated carbocycles. The van der Waals surface area contributed by atoms with Crippen molar-refractivity contribution in [3.8, 4) is 11.3 Å². The second kappa shape index (κ2) is 12.1. The molecule has 2 fully saturated rings. The number of alkyl halides is 3. The molecule has 9 nitrogen and oxygen atoms in total. The van der Waals surface area contributed by atoms with Crippen molar-refractivity contribution in [2.24, 2.45) is 5.92 Å². The Bertz CT molecular complexity index is 1720. The number of rotatable bonds is 7. The zero-order valence-electron chi connectivity index (χ0n) is 22.8. The van der Waals surface area contributed by atoms with Crippen LogP contribution in [0.2, 0.25) is 0 Å². The Labute approximate surface area is 249 Å². The summed E-state index contributed by atoms with van der Waals surface area (Å²) in [5.41, 5.74) is 0.894. The minimum absolute atomic E-state index is 0.198. The third-order valence-electron chi connectivity index (χ3n) is 7.37. The summed E-state index contributed by atoms with van der Waals surface area (Å²) in [6.45, 7) is 2.24. The fraction of sp³-hybridized carbons (Fsp3) is 0.267. The molecule has 2 N–H and O–H groups in total. The van der Waals surface area contributed by atoms with E-state index in [1.807, 2.05) is 24.3 Å². The third-order valence-corrected chi connectivity index (χ3v) is 8.18. The molecule has 0 atom stereocenters. The zero-order chi connectivity index (χ0) is 30.0. The summed E-state index contributed by atoms with van der Waals surface area (Å²) in [6, 6.07) is 11.3. The maximum atomic E-state index is 13.8. The standard InChI is InChI=1S/C30H26F3N7O2S/c31-30(32,33)20-11-22(37-25(12-20)24-17-35-15-19-3-1-2-4-23(19)24)16-34-14-18-6-9-40(10-7-18)28-36-8-5-21(38-28)13-26-27(41)39-29(42)43-26/h1-5,8,11-13,15,17-18,34H,6-7,9-10,14,16H2,(H,39,41,42)/b26-13-. The molecule has 0 spiro atoms. The molecule has 43 heavy (non-hydrogen) atoms. The van der Waals surface area contributed by atoms with Gasteiger partial charge in [0.1, 0.15) is 0 Å². The topological polar surface area (TPSA) is 113 Å². The summed E-state index contributed by atoms with van der Waals surface area (Å²) in [5.74, 6) is 0.420. The van der Waals surface area contributed by atoms with Crippen molar-refractivity contribution in [1.29, 1.82) is 0 Å². The van der Waals surface area contributed by atoms with Crippen LogP contribution in [0.1, 0.15) is 29.8 Å². The van der Waals surface area contributed by atoms with E-state index in [2.05, 4.69) is 35.5 Å². The van der Waals surface area contributed by atoms with Crippen LogP contribution in [0, 0.1) is 5.92 Å². The van der Waals surface area contributed by atoms with Crippen molar-refractivity contribution in [3.05, 3.63) is 82.9 Å². The monoisotopic (exact) mass is 605 g/mol.